The van der Waals surface area contributed by atoms with Crippen molar-refractivity contribution in [2.75, 3.05) is 12.4 Å². The van der Waals surface area contributed by atoms with Gasteiger partial charge in [0.25, 0.3) is 5.91 Å². The van der Waals surface area contributed by atoms with Gasteiger partial charge in [-0.2, -0.15) is 13.2 Å². The molecule has 7 heteroatoms. The zero-order valence-corrected chi connectivity index (χ0v) is 13.5. The fraction of sp³-hybridized carbons (Fsp3) is 0.133. The van der Waals surface area contributed by atoms with Crippen molar-refractivity contribution < 1.29 is 22.7 Å². The molecule has 0 heterocycles. The lowest BCUT2D eigenvalue weighted by molar-refractivity contribution is -0.137. The van der Waals surface area contributed by atoms with Gasteiger partial charge < -0.3 is 10.1 Å². The Bertz CT molecular complexity index is 701. The molecule has 22 heavy (non-hydrogen) atoms. The minimum Gasteiger partial charge on any atom is -0.497 e. The predicted molar refractivity (Wildman–Crippen MR) is 85.1 cm³/mol. The molecule has 0 fully saturated rings. The van der Waals surface area contributed by atoms with E-state index < -0.39 is 17.6 Å². The molecule has 1 N–H and O–H groups in total. The van der Waals surface area contributed by atoms with E-state index in [0.717, 1.165) is 6.07 Å². The van der Waals surface area contributed by atoms with Gasteiger partial charge in [-0.25, -0.2) is 0 Å². The molecule has 116 valence electrons. The maximum atomic E-state index is 13.0. The van der Waals surface area contributed by atoms with E-state index in [-0.39, 0.29) is 11.3 Å². The predicted octanol–water partition coefficient (Wildman–Crippen LogP) is 4.57. The second-order valence-electron chi connectivity index (χ2n) is 4.37. The van der Waals surface area contributed by atoms with Crippen molar-refractivity contribution in [1.82, 2.24) is 0 Å². The van der Waals surface area contributed by atoms with Crippen LogP contribution in [0.3, 0.4) is 0 Å². The molecule has 0 aliphatic heterocycles. The molecule has 0 atom stereocenters. The van der Waals surface area contributed by atoms with Crippen LogP contribution in [0, 0.1) is 3.57 Å². The van der Waals surface area contributed by atoms with Crippen LogP contribution in [0.25, 0.3) is 0 Å². The van der Waals surface area contributed by atoms with Crippen molar-refractivity contribution in [3.63, 3.8) is 0 Å². The number of nitrogens with one attached hydrogen (secondary N) is 1. The quantitative estimate of drug-likeness (QED) is 0.738. The maximum Gasteiger partial charge on any atom is 0.418 e. The van der Waals surface area contributed by atoms with Crippen LogP contribution in [0.4, 0.5) is 18.9 Å². The number of hydrogen-bond donors (Lipinski definition) is 1. The number of amides is 1. The number of benzene rings is 2. The monoisotopic (exact) mass is 421 g/mol. The number of carbonyl (C=O) groups is 1. The lowest BCUT2D eigenvalue weighted by Gasteiger charge is -2.14. The summed E-state index contributed by atoms with van der Waals surface area (Å²) < 4.78 is 44.5. The van der Waals surface area contributed by atoms with Gasteiger partial charge in [-0.05, 0) is 59.0 Å². The first kappa shape index (κ1) is 16.6. The van der Waals surface area contributed by atoms with Crippen LogP contribution in [0.1, 0.15) is 15.9 Å². The molecular weight excluding hydrogens is 410 g/mol. The summed E-state index contributed by atoms with van der Waals surface area (Å²) in [5, 5.41) is 2.29. The van der Waals surface area contributed by atoms with Gasteiger partial charge in [0.1, 0.15) is 5.75 Å². The topological polar surface area (TPSA) is 38.3 Å². The lowest BCUT2D eigenvalue weighted by atomic mass is 10.1. The van der Waals surface area contributed by atoms with E-state index in [2.05, 4.69) is 5.32 Å². The maximum absolute atomic E-state index is 13.0. The number of carbonyl (C=O) groups excluding carboxylic acids is 1. The first-order valence-corrected chi connectivity index (χ1v) is 7.21. The van der Waals surface area contributed by atoms with Gasteiger partial charge in [-0.3, -0.25) is 4.79 Å². The Morgan fingerprint density at radius 3 is 2.55 bits per heavy atom. The molecule has 2 rings (SSSR count). The zero-order valence-electron chi connectivity index (χ0n) is 11.4. The summed E-state index contributed by atoms with van der Waals surface area (Å²) >= 11 is 1.79. The van der Waals surface area contributed by atoms with Crippen molar-refractivity contribution in [3.8, 4) is 5.75 Å². The minimum absolute atomic E-state index is 0.214. The van der Waals surface area contributed by atoms with Crippen LogP contribution in [0.15, 0.2) is 42.5 Å². The zero-order chi connectivity index (χ0) is 16.3. The lowest BCUT2D eigenvalue weighted by Crippen LogP contribution is -2.17. The van der Waals surface area contributed by atoms with E-state index in [1.807, 2.05) is 0 Å². The first-order valence-electron chi connectivity index (χ1n) is 6.13. The molecule has 1 amide bonds. The highest BCUT2D eigenvalue weighted by Gasteiger charge is 2.34. The van der Waals surface area contributed by atoms with E-state index in [1.165, 1.54) is 31.4 Å². The number of halogens is 4. The van der Waals surface area contributed by atoms with Gasteiger partial charge in [0.15, 0.2) is 0 Å². The van der Waals surface area contributed by atoms with Crippen LogP contribution < -0.4 is 10.1 Å². The Hall–Kier alpha value is -1.77. The standard InChI is InChI=1S/C15H11F3INO2/c1-22-11-4-2-3-9(7-11)14(21)20-13-6-5-10(19)8-12(13)15(16,17)18/h2-8H,1H3,(H,20,21). The molecule has 0 aliphatic carbocycles. The molecule has 2 aromatic carbocycles. The van der Waals surface area contributed by atoms with Gasteiger partial charge in [-0.1, -0.05) is 6.07 Å². The van der Waals surface area contributed by atoms with Gasteiger partial charge in [-0.15, -0.1) is 0 Å². The molecule has 0 radical (unpaired) electrons. The highest BCUT2D eigenvalue weighted by atomic mass is 127. The molecule has 0 unspecified atom stereocenters. The van der Waals surface area contributed by atoms with Gasteiger partial charge in [0.2, 0.25) is 0 Å². The van der Waals surface area contributed by atoms with Crippen molar-refractivity contribution >= 4 is 34.2 Å². The average Bonchev–Trinajstić information content (AvgIpc) is 2.48. The number of rotatable bonds is 3. The van der Waals surface area contributed by atoms with E-state index in [4.69, 9.17) is 4.74 Å². The highest BCUT2D eigenvalue weighted by Crippen LogP contribution is 2.36. The SMILES string of the molecule is COc1cccc(C(=O)Nc2ccc(I)cc2C(F)(F)F)c1. The summed E-state index contributed by atoms with van der Waals surface area (Å²) in [6, 6.07) is 9.91. The molecule has 0 spiro atoms. The third-order valence-corrected chi connectivity index (χ3v) is 3.54. The van der Waals surface area contributed by atoms with E-state index >= 15 is 0 Å². The van der Waals surface area contributed by atoms with Gasteiger partial charge >= 0.3 is 6.18 Å². The van der Waals surface area contributed by atoms with Gasteiger partial charge in [0.05, 0.1) is 18.4 Å². The Balaban J connectivity index is 2.32. The second-order valence-corrected chi connectivity index (χ2v) is 5.62. The van der Waals surface area contributed by atoms with Crippen LogP contribution in [0.5, 0.6) is 5.75 Å². The molecule has 0 saturated carbocycles. The molecule has 0 saturated heterocycles. The first-order chi connectivity index (χ1) is 10.3. The fourth-order valence-electron chi connectivity index (χ4n) is 1.82. The van der Waals surface area contributed by atoms with E-state index in [0.29, 0.717) is 9.32 Å². The minimum atomic E-state index is -4.54. The molecular formula is C15H11F3INO2. The Labute approximate surface area is 138 Å². The summed E-state index contributed by atoms with van der Waals surface area (Å²) in [5.74, 6) is -0.183. The molecule has 0 bridgehead atoms. The summed E-state index contributed by atoms with van der Waals surface area (Å²) in [6.07, 6.45) is -4.54. The van der Waals surface area contributed by atoms with Crippen molar-refractivity contribution in [2.45, 2.75) is 6.18 Å². The third-order valence-electron chi connectivity index (χ3n) is 2.87. The normalized spacial score (nSPS) is 11.1. The average molecular weight is 421 g/mol. The number of hydrogen-bond acceptors (Lipinski definition) is 2. The molecule has 0 aliphatic rings. The summed E-state index contributed by atoms with van der Waals surface area (Å²) in [7, 11) is 1.44. The van der Waals surface area contributed by atoms with Gasteiger partial charge in [0, 0.05) is 9.13 Å². The largest absolute Gasteiger partial charge is 0.497 e. The number of anilines is 1. The van der Waals surface area contributed by atoms with Crippen LogP contribution >= 0.6 is 22.6 Å². The van der Waals surface area contributed by atoms with Crippen LogP contribution in [-0.2, 0) is 6.18 Å². The fourth-order valence-corrected chi connectivity index (χ4v) is 2.31. The van der Waals surface area contributed by atoms with Crippen LogP contribution in [-0.4, -0.2) is 13.0 Å². The van der Waals surface area contributed by atoms with Crippen molar-refractivity contribution in [1.29, 1.82) is 0 Å². The smallest absolute Gasteiger partial charge is 0.418 e. The Morgan fingerprint density at radius 2 is 1.91 bits per heavy atom. The third kappa shape index (κ3) is 3.90. The van der Waals surface area contributed by atoms with Crippen molar-refractivity contribution in [2.24, 2.45) is 0 Å². The van der Waals surface area contributed by atoms with Crippen molar-refractivity contribution in [3.05, 3.63) is 57.2 Å². The summed E-state index contributed by atoms with van der Waals surface area (Å²) in [6.45, 7) is 0. The summed E-state index contributed by atoms with van der Waals surface area (Å²) in [5.41, 5.74) is -0.942. The summed E-state index contributed by atoms with van der Waals surface area (Å²) in [4.78, 5) is 12.1. The molecule has 2 aromatic rings. The number of methoxy groups -OCH3 is 1. The Morgan fingerprint density at radius 1 is 1.18 bits per heavy atom. The molecule has 0 aromatic heterocycles. The number of alkyl halides is 3. The van der Waals surface area contributed by atoms with E-state index in [9.17, 15) is 18.0 Å². The van der Waals surface area contributed by atoms with Crippen LogP contribution in [0.2, 0.25) is 0 Å². The highest BCUT2D eigenvalue weighted by molar-refractivity contribution is 14.1. The number of ether oxygens (including phenoxy) is 1. The van der Waals surface area contributed by atoms with E-state index in [1.54, 1.807) is 34.7 Å². The molecule has 3 nitrogen and oxygen atoms in total. The second kappa shape index (κ2) is 6.55. The Kier molecular flexibility index (Phi) is 4.94.